The minimum atomic E-state index is -0.404. The molecule has 37 heavy (non-hydrogen) atoms. The molecule has 10 nitrogen and oxygen atoms in total. The van der Waals surface area contributed by atoms with Gasteiger partial charge < -0.3 is 24.3 Å². The number of methoxy groups -OCH3 is 2. The van der Waals surface area contributed by atoms with E-state index in [1.54, 1.807) is 18.3 Å². The highest BCUT2D eigenvalue weighted by Crippen LogP contribution is 2.42. The molecule has 11 heteroatoms. The van der Waals surface area contributed by atoms with Crippen LogP contribution in [0.25, 0.3) is 5.69 Å². The number of aryl methyl sites for hydroxylation is 1. The van der Waals surface area contributed by atoms with Gasteiger partial charge in [0.05, 0.1) is 43.0 Å². The minimum Gasteiger partial charge on any atom is -0.496 e. The Hall–Kier alpha value is -3.99. The van der Waals surface area contributed by atoms with Crippen molar-refractivity contribution in [1.82, 2.24) is 19.8 Å². The topological polar surface area (TPSA) is 112 Å². The van der Waals surface area contributed by atoms with Crippen LogP contribution in [-0.2, 0) is 9.53 Å². The lowest BCUT2D eigenvalue weighted by Gasteiger charge is -2.28. The molecule has 0 spiro atoms. The van der Waals surface area contributed by atoms with Gasteiger partial charge in [-0.1, -0.05) is 6.07 Å². The van der Waals surface area contributed by atoms with Crippen LogP contribution >= 0.6 is 12.2 Å². The van der Waals surface area contributed by atoms with Gasteiger partial charge in [-0.05, 0) is 68.4 Å². The zero-order valence-electron chi connectivity index (χ0n) is 21.1. The summed E-state index contributed by atoms with van der Waals surface area (Å²) in [5.74, 6) is 0.136. The highest BCUT2D eigenvalue weighted by atomic mass is 32.1. The van der Waals surface area contributed by atoms with Gasteiger partial charge in [0.15, 0.2) is 5.11 Å². The Labute approximate surface area is 220 Å². The molecule has 0 unspecified atom stereocenters. The number of carbonyl (C=O) groups is 1. The number of rotatable bonds is 9. The molecule has 0 saturated carbocycles. The Bertz CT molecular complexity index is 1330. The Kier molecular flexibility index (Phi) is 7.72. The number of pyridine rings is 1. The van der Waals surface area contributed by atoms with Crippen LogP contribution in [0, 0.1) is 24.0 Å². The number of ether oxygens (including phenoxy) is 2. The number of nitro groups is 1. The monoisotopic (exact) mass is 523 g/mol. The first-order valence-electron chi connectivity index (χ1n) is 11.8. The van der Waals surface area contributed by atoms with Crippen molar-refractivity contribution < 1.29 is 19.2 Å². The maximum Gasteiger partial charge on any atom is 0.305 e. The van der Waals surface area contributed by atoms with E-state index < -0.39 is 4.92 Å². The van der Waals surface area contributed by atoms with Gasteiger partial charge in [0, 0.05) is 30.6 Å². The number of nitro benzene ring substituents is 1. The fraction of sp³-hybridized carbons (Fsp3) is 0.346. The number of hydrogen-bond acceptors (Lipinski definition) is 7. The van der Waals surface area contributed by atoms with Crippen molar-refractivity contribution in [3.8, 4) is 11.4 Å². The molecule has 1 saturated heterocycles. The van der Waals surface area contributed by atoms with Crippen molar-refractivity contribution >= 4 is 29.0 Å². The summed E-state index contributed by atoms with van der Waals surface area (Å²) in [5.41, 5.74) is 3.87. The summed E-state index contributed by atoms with van der Waals surface area (Å²) in [6.45, 7) is 4.39. The molecule has 0 amide bonds. The van der Waals surface area contributed by atoms with Gasteiger partial charge in [-0.2, -0.15) is 0 Å². The number of benzene rings is 1. The minimum absolute atomic E-state index is 0.0519. The smallest absolute Gasteiger partial charge is 0.305 e. The molecule has 1 fully saturated rings. The first-order valence-corrected chi connectivity index (χ1v) is 12.2. The van der Waals surface area contributed by atoms with Crippen molar-refractivity contribution in [3.63, 3.8) is 0 Å². The molecule has 1 aliphatic heterocycles. The SMILES string of the molecule is COC(=O)CCCN1C(=S)N[C@H](c2ccccn2)[C@@H]1c1cc(C)n(-c2ccc(OC)cc2[N+](=O)[O-])c1C. The second kappa shape index (κ2) is 11.0. The quantitative estimate of drug-likeness (QED) is 0.190. The molecule has 2 aromatic heterocycles. The molecule has 0 bridgehead atoms. The maximum absolute atomic E-state index is 11.9. The summed E-state index contributed by atoms with van der Waals surface area (Å²) in [6, 6.07) is 12.1. The number of nitrogens with one attached hydrogen (secondary N) is 1. The van der Waals surface area contributed by atoms with Gasteiger partial charge in [-0.3, -0.25) is 19.9 Å². The van der Waals surface area contributed by atoms with Crippen molar-refractivity contribution in [1.29, 1.82) is 0 Å². The van der Waals surface area contributed by atoms with Crippen LogP contribution in [0.4, 0.5) is 5.69 Å². The third-order valence-corrected chi connectivity index (χ3v) is 6.97. The van der Waals surface area contributed by atoms with Crippen molar-refractivity contribution in [2.75, 3.05) is 20.8 Å². The van der Waals surface area contributed by atoms with Gasteiger partial charge in [-0.25, -0.2) is 0 Å². The normalized spacial score (nSPS) is 17.0. The number of esters is 1. The molecule has 194 valence electrons. The third-order valence-electron chi connectivity index (χ3n) is 6.61. The molecule has 3 heterocycles. The number of hydrogen-bond donors (Lipinski definition) is 1. The molecular weight excluding hydrogens is 494 g/mol. The summed E-state index contributed by atoms with van der Waals surface area (Å²) < 4.78 is 11.9. The van der Waals surface area contributed by atoms with Crippen LogP contribution in [0.3, 0.4) is 0 Å². The third kappa shape index (κ3) is 5.12. The molecule has 3 aromatic rings. The average molecular weight is 524 g/mol. The first-order chi connectivity index (χ1) is 17.8. The van der Waals surface area contributed by atoms with Crippen LogP contribution < -0.4 is 10.1 Å². The Morgan fingerprint density at radius 3 is 2.65 bits per heavy atom. The van der Waals surface area contributed by atoms with E-state index in [-0.39, 0.29) is 30.2 Å². The molecule has 1 aromatic carbocycles. The van der Waals surface area contributed by atoms with Gasteiger partial charge in [0.25, 0.3) is 5.69 Å². The predicted octanol–water partition coefficient (Wildman–Crippen LogP) is 4.33. The summed E-state index contributed by atoms with van der Waals surface area (Å²) in [7, 11) is 2.85. The van der Waals surface area contributed by atoms with E-state index in [1.165, 1.54) is 20.3 Å². The molecule has 2 atom stereocenters. The highest BCUT2D eigenvalue weighted by Gasteiger charge is 2.41. The maximum atomic E-state index is 11.9. The average Bonchev–Trinajstić information content (AvgIpc) is 3.38. The largest absolute Gasteiger partial charge is 0.496 e. The van der Waals surface area contributed by atoms with Crippen molar-refractivity contribution in [3.05, 3.63) is 81.4 Å². The van der Waals surface area contributed by atoms with Gasteiger partial charge in [0.2, 0.25) is 0 Å². The van der Waals surface area contributed by atoms with E-state index in [0.29, 0.717) is 29.5 Å². The molecule has 0 aliphatic carbocycles. The van der Waals surface area contributed by atoms with Crippen LogP contribution in [0.15, 0.2) is 48.7 Å². The zero-order chi connectivity index (χ0) is 26.7. The van der Waals surface area contributed by atoms with E-state index in [4.69, 9.17) is 21.7 Å². The summed E-state index contributed by atoms with van der Waals surface area (Å²) >= 11 is 5.72. The lowest BCUT2D eigenvalue weighted by molar-refractivity contribution is -0.384. The standard InChI is InChI=1S/C26H29N5O5S/c1-16-14-19(17(2)30(16)21-11-10-18(35-3)15-22(21)31(33)34)25-24(20-8-5-6-12-27-20)28-26(37)29(25)13-7-9-23(32)36-4/h5-6,8,10-12,14-15,24-25H,7,9,13H2,1-4H3,(H,28,37)/t24-,25+/m1/s1. The second-order valence-electron chi connectivity index (χ2n) is 8.77. The van der Waals surface area contributed by atoms with Crippen LogP contribution in [0.5, 0.6) is 5.75 Å². The number of nitrogens with zero attached hydrogens (tertiary/aromatic N) is 4. The van der Waals surface area contributed by atoms with Gasteiger partial charge in [-0.15, -0.1) is 0 Å². The Morgan fingerprint density at radius 2 is 2.00 bits per heavy atom. The first kappa shape index (κ1) is 26.1. The van der Waals surface area contributed by atoms with Crippen LogP contribution in [-0.4, -0.2) is 51.2 Å². The number of carbonyl (C=O) groups excluding carboxylic acids is 1. The highest BCUT2D eigenvalue weighted by molar-refractivity contribution is 7.80. The molecule has 1 aliphatic rings. The fourth-order valence-corrected chi connectivity index (χ4v) is 5.24. The predicted molar refractivity (Wildman–Crippen MR) is 142 cm³/mol. The number of aromatic nitrogens is 2. The molecular formula is C26H29N5O5S. The Morgan fingerprint density at radius 1 is 1.22 bits per heavy atom. The van der Waals surface area contributed by atoms with Crippen LogP contribution in [0.1, 0.15) is 47.6 Å². The summed E-state index contributed by atoms with van der Waals surface area (Å²) in [6.07, 6.45) is 2.57. The number of thiocarbonyl (C=S) groups is 1. The summed E-state index contributed by atoms with van der Waals surface area (Å²) in [5, 5.41) is 15.9. The van der Waals surface area contributed by atoms with E-state index in [2.05, 4.69) is 15.2 Å². The van der Waals surface area contributed by atoms with E-state index in [9.17, 15) is 14.9 Å². The van der Waals surface area contributed by atoms with Gasteiger partial charge in [0.1, 0.15) is 11.4 Å². The van der Waals surface area contributed by atoms with E-state index in [1.807, 2.05) is 42.7 Å². The second-order valence-corrected chi connectivity index (χ2v) is 9.16. The summed E-state index contributed by atoms with van der Waals surface area (Å²) in [4.78, 5) is 29.9. The van der Waals surface area contributed by atoms with E-state index >= 15 is 0 Å². The molecule has 0 radical (unpaired) electrons. The molecule has 4 rings (SSSR count). The van der Waals surface area contributed by atoms with Crippen molar-refractivity contribution in [2.45, 2.75) is 38.8 Å². The van der Waals surface area contributed by atoms with Gasteiger partial charge >= 0.3 is 5.97 Å². The van der Waals surface area contributed by atoms with Crippen molar-refractivity contribution in [2.24, 2.45) is 0 Å². The lowest BCUT2D eigenvalue weighted by Crippen LogP contribution is -2.31. The zero-order valence-corrected chi connectivity index (χ0v) is 21.9. The Balaban J connectivity index is 1.80. The fourth-order valence-electron chi connectivity index (χ4n) is 4.90. The molecule has 1 N–H and O–H groups in total. The lowest BCUT2D eigenvalue weighted by atomic mass is 9.96. The van der Waals surface area contributed by atoms with E-state index in [0.717, 1.165) is 22.6 Å². The van der Waals surface area contributed by atoms with Crippen LogP contribution in [0.2, 0.25) is 0 Å².